The van der Waals surface area contributed by atoms with Gasteiger partial charge in [0, 0.05) is 12.0 Å². The van der Waals surface area contributed by atoms with Gasteiger partial charge in [-0.15, -0.1) is 0 Å². The van der Waals surface area contributed by atoms with Gasteiger partial charge in [0.05, 0.1) is 7.11 Å². The Morgan fingerprint density at radius 3 is 2.55 bits per heavy atom. The highest BCUT2D eigenvalue weighted by Gasteiger charge is 2.10. The number of ketones is 1. The molecule has 0 atom stereocenters. The van der Waals surface area contributed by atoms with Crippen molar-refractivity contribution in [2.75, 3.05) is 7.11 Å². The monoisotopic (exact) mass is 272 g/mol. The van der Waals surface area contributed by atoms with Gasteiger partial charge in [-0.1, -0.05) is 30.3 Å². The molecule has 0 unspecified atom stereocenters. The van der Waals surface area contributed by atoms with Crippen LogP contribution in [0.2, 0.25) is 0 Å². The summed E-state index contributed by atoms with van der Waals surface area (Å²) in [7, 11) is 1.40. The van der Waals surface area contributed by atoms with Crippen LogP contribution in [0.4, 0.5) is 4.39 Å². The maximum Gasteiger partial charge on any atom is 0.165 e. The number of halogens is 1. The van der Waals surface area contributed by atoms with Crippen LogP contribution in [0.3, 0.4) is 0 Å². The van der Waals surface area contributed by atoms with Crippen LogP contribution < -0.4 is 4.74 Å². The molecule has 0 radical (unpaired) electrons. The first-order valence-electron chi connectivity index (χ1n) is 6.61. The van der Waals surface area contributed by atoms with Crippen LogP contribution >= 0.6 is 0 Å². The van der Waals surface area contributed by atoms with E-state index in [-0.39, 0.29) is 11.5 Å². The predicted octanol–water partition coefficient (Wildman–Crippen LogP) is 4.04. The van der Waals surface area contributed by atoms with E-state index in [0.29, 0.717) is 12.0 Å². The van der Waals surface area contributed by atoms with E-state index < -0.39 is 5.82 Å². The number of methoxy groups -OCH3 is 1. The van der Waals surface area contributed by atoms with Gasteiger partial charge in [-0.2, -0.15) is 0 Å². The molecule has 3 heteroatoms. The van der Waals surface area contributed by atoms with Crippen LogP contribution in [0.5, 0.6) is 5.75 Å². The Morgan fingerprint density at radius 1 is 1.15 bits per heavy atom. The Morgan fingerprint density at radius 2 is 1.90 bits per heavy atom. The minimum Gasteiger partial charge on any atom is -0.494 e. The lowest BCUT2D eigenvalue weighted by Crippen LogP contribution is -2.01. The van der Waals surface area contributed by atoms with Gasteiger partial charge < -0.3 is 4.74 Å². The van der Waals surface area contributed by atoms with Crippen molar-refractivity contribution in [1.29, 1.82) is 0 Å². The van der Waals surface area contributed by atoms with Gasteiger partial charge in [0.1, 0.15) is 0 Å². The highest BCUT2D eigenvalue weighted by Crippen LogP contribution is 2.19. The molecule has 2 nitrogen and oxygen atoms in total. The molecule has 0 heterocycles. The zero-order chi connectivity index (χ0) is 14.4. The molecule has 0 amide bonds. The van der Waals surface area contributed by atoms with E-state index in [1.165, 1.54) is 24.8 Å². The van der Waals surface area contributed by atoms with Crippen LogP contribution in [0.15, 0.2) is 48.5 Å². The smallest absolute Gasteiger partial charge is 0.165 e. The van der Waals surface area contributed by atoms with Crippen LogP contribution in [-0.4, -0.2) is 12.9 Å². The summed E-state index contributed by atoms with van der Waals surface area (Å²) < 4.78 is 18.4. The quantitative estimate of drug-likeness (QED) is 0.742. The zero-order valence-corrected chi connectivity index (χ0v) is 11.4. The van der Waals surface area contributed by atoms with Crippen LogP contribution in [-0.2, 0) is 6.42 Å². The number of rotatable bonds is 6. The Kier molecular flexibility index (Phi) is 4.88. The molecule has 0 fully saturated rings. The highest BCUT2D eigenvalue weighted by molar-refractivity contribution is 5.96. The minimum atomic E-state index is -0.499. The van der Waals surface area contributed by atoms with Crippen molar-refractivity contribution in [3.63, 3.8) is 0 Å². The molecule has 2 rings (SSSR count). The molecule has 2 aromatic carbocycles. The van der Waals surface area contributed by atoms with Crippen LogP contribution in [0, 0.1) is 5.82 Å². The van der Waals surface area contributed by atoms with E-state index >= 15 is 0 Å². The second-order valence-corrected chi connectivity index (χ2v) is 4.61. The third kappa shape index (κ3) is 3.67. The van der Waals surface area contributed by atoms with E-state index in [1.54, 1.807) is 6.07 Å². The summed E-state index contributed by atoms with van der Waals surface area (Å²) in [6, 6.07) is 14.3. The van der Waals surface area contributed by atoms with Gasteiger partial charge in [0.2, 0.25) is 0 Å². The lowest BCUT2D eigenvalue weighted by atomic mass is 10.0. The highest BCUT2D eigenvalue weighted by atomic mass is 19.1. The lowest BCUT2D eigenvalue weighted by molar-refractivity contribution is 0.0979. The Hall–Kier alpha value is -2.16. The molecule has 0 aliphatic heterocycles. The molecular weight excluding hydrogens is 255 g/mol. The summed E-state index contributed by atoms with van der Waals surface area (Å²) in [5, 5.41) is 0. The van der Waals surface area contributed by atoms with Crippen molar-refractivity contribution in [2.45, 2.75) is 19.3 Å². The Labute approximate surface area is 118 Å². The summed E-state index contributed by atoms with van der Waals surface area (Å²) in [4.78, 5) is 12.0. The molecule has 0 saturated heterocycles. The number of aryl methyl sites for hydroxylation is 1. The number of carbonyl (C=O) groups excluding carboxylic acids is 1. The van der Waals surface area contributed by atoms with Crippen molar-refractivity contribution in [1.82, 2.24) is 0 Å². The van der Waals surface area contributed by atoms with Crippen molar-refractivity contribution in [2.24, 2.45) is 0 Å². The van der Waals surface area contributed by atoms with Crippen molar-refractivity contribution in [3.8, 4) is 5.75 Å². The first-order chi connectivity index (χ1) is 9.70. The fourth-order valence-electron chi connectivity index (χ4n) is 2.08. The van der Waals surface area contributed by atoms with Gasteiger partial charge in [0.25, 0.3) is 0 Å². The van der Waals surface area contributed by atoms with Gasteiger partial charge in [-0.3, -0.25) is 4.79 Å². The number of hydrogen-bond acceptors (Lipinski definition) is 2. The SMILES string of the molecule is COc1ccc(C(=O)CCCc2ccccc2)cc1F. The van der Waals surface area contributed by atoms with E-state index in [1.807, 2.05) is 30.3 Å². The third-order valence-corrected chi connectivity index (χ3v) is 3.19. The average Bonchev–Trinajstić information content (AvgIpc) is 2.48. The van der Waals surface area contributed by atoms with E-state index in [2.05, 4.69) is 0 Å². The Bertz CT molecular complexity index is 579. The van der Waals surface area contributed by atoms with Crippen LogP contribution in [0.1, 0.15) is 28.8 Å². The number of ether oxygens (including phenoxy) is 1. The molecule has 0 saturated carbocycles. The summed E-state index contributed by atoms with van der Waals surface area (Å²) >= 11 is 0. The molecule has 0 spiro atoms. The first kappa shape index (κ1) is 14.3. The summed E-state index contributed by atoms with van der Waals surface area (Å²) in [5.74, 6) is -0.380. The average molecular weight is 272 g/mol. The largest absolute Gasteiger partial charge is 0.494 e. The fraction of sp³-hybridized carbons (Fsp3) is 0.235. The maximum absolute atomic E-state index is 13.5. The molecule has 2 aromatic rings. The molecule has 0 aromatic heterocycles. The van der Waals surface area contributed by atoms with Gasteiger partial charge in [-0.25, -0.2) is 4.39 Å². The molecule has 0 bridgehead atoms. The number of Topliss-reactive ketones (excluding diaryl/α,β-unsaturated/α-hetero) is 1. The number of carbonyl (C=O) groups is 1. The first-order valence-corrected chi connectivity index (χ1v) is 6.61. The minimum absolute atomic E-state index is 0.0394. The summed E-state index contributed by atoms with van der Waals surface area (Å²) in [6.07, 6.45) is 2.03. The maximum atomic E-state index is 13.5. The summed E-state index contributed by atoms with van der Waals surface area (Å²) in [5.41, 5.74) is 1.61. The normalized spacial score (nSPS) is 10.3. The second-order valence-electron chi connectivity index (χ2n) is 4.61. The van der Waals surface area contributed by atoms with Gasteiger partial charge in [-0.05, 0) is 36.6 Å². The molecular formula is C17H17FO2. The number of benzene rings is 2. The molecule has 0 aliphatic carbocycles. The number of hydrogen-bond donors (Lipinski definition) is 0. The van der Waals surface area contributed by atoms with Crippen molar-refractivity contribution >= 4 is 5.78 Å². The molecule has 0 N–H and O–H groups in total. The van der Waals surface area contributed by atoms with E-state index in [4.69, 9.17) is 4.74 Å². The zero-order valence-electron chi connectivity index (χ0n) is 11.4. The second kappa shape index (κ2) is 6.85. The van der Waals surface area contributed by atoms with Gasteiger partial charge in [0.15, 0.2) is 17.3 Å². The van der Waals surface area contributed by atoms with Gasteiger partial charge >= 0.3 is 0 Å². The molecule has 0 aliphatic rings. The fourth-order valence-corrected chi connectivity index (χ4v) is 2.08. The van der Waals surface area contributed by atoms with Crippen molar-refractivity contribution in [3.05, 3.63) is 65.5 Å². The lowest BCUT2D eigenvalue weighted by Gasteiger charge is -2.05. The Balaban J connectivity index is 1.90. The van der Waals surface area contributed by atoms with Crippen molar-refractivity contribution < 1.29 is 13.9 Å². The molecule has 20 heavy (non-hydrogen) atoms. The van der Waals surface area contributed by atoms with E-state index in [0.717, 1.165) is 12.8 Å². The predicted molar refractivity (Wildman–Crippen MR) is 76.7 cm³/mol. The standard InChI is InChI=1S/C17H17FO2/c1-20-17-11-10-14(12-15(17)18)16(19)9-5-8-13-6-3-2-4-7-13/h2-4,6-7,10-12H,5,8-9H2,1H3. The molecule has 104 valence electrons. The van der Waals surface area contributed by atoms with Crippen LogP contribution in [0.25, 0.3) is 0 Å². The summed E-state index contributed by atoms with van der Waals surface area (Å²) in [6.45, 7) is 0. The van der Waals surface area contributed by atoms with E-state index in [9.17, 15) is 9.18 Å². The third-order valence-electron chi connectivity index (χ3n) is 3.19. The topological polar surface area (TPSA) is 26.3 Å².